The molecule has 2 rings (SSSR count). The Balaban J connectivity index is 1.81. The van der Waals surface area contributed by atoms with Crippen molar-refractivity contribution >= 4 is 11.6 Å². The largest absolute Gasteiger partial charge is 0.382 e. The van der Waals surface area contributed by atoms with Gasteiger partial charge < -0.3 is 11.1 Å². The fourth-order valence-electron chi connectivity index (χ4n) is 1.16. The maximum atomic E-state index is 5.42. The number of rotatable bonds is 4. The van der Waals surface area contributed by atoms with Crippen LogP contribution >= 0.6 is 0 Å². The average molecular weight is 204 g/mol. The number of aromatic nitrogens is 4. The third-order valence-electron chi connectivity index (χ3n) is 1.88. The van der Waals surface area contributed by atoms with Crippen LogP contribution in [0, 0.1) is 0 Å². The molecule has 0 saturated heterocycles. The van der Waals surface area contributed by atoms with Gasteiger partial charge in [0.15, 0.2) is 0 Å². The Morgan fingerprint density at radius 3 is 2.93 bits per heavy atom. The van der Waals surface area contributed by atoms with Crippen LogP contribution in [0.5, 0.6) is 0 Å². The molecule has 0 unspecified atom stereocenters. The summed E-state index contributed by atoms with van der Waals surface area (Å²) in [5, 5.41) is 7.20. The third kappa shape index (κ3) is 2.67. The van der Waals surface area contributed by atoms with Gasteiger partial charge in [-0.15, -0.1) is 0 Å². The fourth-order valence-corrected chi connectivity index (χ4v) is 1.16. The van der Waals surface area contributed by atoms with Crippen molar-refractivity contribution in [3.05, 3.63) is 30.9 Å². The first-order chi connectivity index (χ1) is 7.34. The maximum absolute atomic E-state index is 5.42. The highest BCUT2D eigenvalue weighted by Gasteiger charge is 1.94. The number of anilines is 2. The van der Waals surface area contributed by atoms with Crippen molar-refractivity contribution in [2.24, 2.45) is 0 Å². The molecule has 0 bridgehead atoms. The normalized spacial score (nSPS) is 10.1. The monoisotopic (exact) mass is 204 g/mol. The van der Waals surface area contributed by atoms with Crippen molar-refractivity contribution in [2.45, 2.75) is 6.54 Å². The molecule has 2 heterocycles. The maximum Gasteiger partial charge on any atom is 0.144 e. The summed E-state index contributed by atoms with van der Waals surface area (Å²) in [7, 11) is 0. The van der Waals surface area contributed by atoms with Gasteiger partial charge in [0.2, 0.25) is 0 Å². The Hall–Kier alpha value is -2.11. The van der Waals surface area contributed by atoms with E-state index in [-0.39, 0.29) is 0 Å². The molecule has 15 heavy (non-hydrogen) atoms. The van der Waals surface area contributed by atoms with Crippen molar-refractivity contribution in [3.8, 4) is 0 Å². The molecule has 0 fully saturated rings. The van der Waals surface area contributed by atoms with Crippen molar-refractivity contribution in [2.75, 3.05) is 17.6 Å². The molecular formula is C9H12N6. The van der Waals surface area contributed by atoms with Gasteiger partial charge >= 0.3 is 0 Å². The Bertz CT molecular complexity index is 393. The summed E-state index contributed by atoms with van der Waals surface area (Å²) in [4.78, 5) is 7.99. The highest BCUT2D eigenvalue weighted by atomic mass is 15.3. The first-order valence-electron chi connectivity index (χ1n) is 4.63. The van der Waals surface area contributed by atoms with Crippen molar-refractivity contribution in [3.63, 3.8) is 0 Å². The summed E-state index contributed by atoms with van der Waals surface area (Å²) < 4.78 is 1.84. The van der Waals surface area contributed by atoms with Crippen LogP contribution in [-0.4, -0.2) is 26.3 Å². The van der Waals surface area contributed by atoms with E-state index < -0.39 is 0 Å². The molecule has 2 aromatic heterocycles. The molecule has 6 nitrogen and oxygen atoms in total. The molecule has 0 aliphatic rings. The molecule has 78 valence electrons. The molecule has 0 amide bonds. The van der Waals surface area contributed by atoms with E-state index in [1.54, 1.807) is 12.4 Å². The number of nitrogens with zero attached hydrogens (tertiary/aromatic N) is 4. The van der Waals surface area contributed by atoms with Crippen LogP contribution in [0.2, 0.25) is 0 Å². The van der Waals surface area contributed by atoms with Gasteiger partial charge in [-0.1, -0.05) is 0 Å². The van der Waals surface area contributed by atoms with Gasteiger partial charge in [-0.25, -0.2) is 9.97 Å². The molecule has 6 heteroatoms. The zero-order chi connectivity index (χ0) is 10.5. The van der Waals surface area contributed by atoms with E-state index in [0.29, 0.717) is 5.82 Å². The van der Waals surface area contributed by atoms with Gasteiger partial charge in [-0.3, -0.25) is 4.68 Å². The summed E-state index contributed by atoms with van der Waals surface area (Å²) >= 11 is 0. The topological polar surface area (TPSA) is 81.6 Å². The fraction of sp³-hybridized carbons (Fsp3) is 0.222. The van der Waals surface area contributed by atoms with Crippen molar-refractivity contribution in [1.29, 1.82) is 0 Å². The molecule has 0 saturated carbocycles. The number of nitrogen functional groups attached to an aromatic ring is 1. The molecule has 0 radical (unpaired) electrons. The minimum Gasteiger partial charge on any atom is -0.382 e. The molecule has 0 atom stereocenters. The lowest BCUT2D eigenvalue weighted by Gasteiger charge is -2.04. The summed E-state index contributed by atoms with van der Waals surface area (Å²) in [6.45, 7) is 1.54. The molecular weight excluding hydrogens is 192 g/mol. The third-order valence-corrected chi connectivity index (χ3v) is 1.88. The van der Waals surface area contributed by atoms with E-state index >= 15 is 0 Å². The highest BCUT2D eigenvalue weighted by molar-refractivity contribution is 5.35. The average Bonchev–Trinajstić information content (AvgIpc) is 2.74. The Morgan fingerprint density at radius 1 is 1.33 bits per heavy atom. The Labute approximate surface area is 87.2 Å². The van der Waals surface area contributed by atoms with Gasteiger partial charge in [0, 0.05) is 18.9 Å². The molecule has 0 aliphatic carbocycles. The van der Waals surface area contributed by atoms with Crippen molar-refractivity contribution < 1.29 is 0 Å². The second kappa shape index (κ2) is 4.41. The smallest absolute Gasteiger partial charge is 0.144 e. The second-order valence-electron chi connectivity index (χ2n) is 3.02. The van der Waals surface area contributed by atoms with Crippen LogP contribution in [0.3, 0.4) is 0 Å². The summed E-state index contributed by atoms with van der Waals surface area (Å²) in [5.74, 6) is 1.14. The Morgan fingerprint density at radius 2 is 2.27 bits per heavy atom. The quantitative estimate of drug-likeness (QED) is 0.751. The second-order valence-corrected chi connectivity index (χ2v) is 3.02. The van der Waals surface area contributed by atoms with Crippen LogP contribution in [0.1, 0.15) is 0 Å². The first kappa shape index (κ1) is 9.45. The van der Waals surface area contributed by atoms with Gasteiger partial charge in [0.1, 0.15) is 11.6 Å². The lowest BCUT2D eigenvalue weighted by molar-refractivity contribution is 0.637. The van der Waals surface area contributed by atoms with Crippen LogP contribution in [0.25, 0.3) is 0 Å². The standard InChI is InChI=1S/C9H12N6/c10-8-6-13-9(7-12-8)11-3-5-15-4-1-2-14-15/h1-2,4,6-7H,3,5H2,(H2,10,12)(H,11,13). The molecule has 3 N–H and O–H groups in total. The van der Waals surface area contributed by atoms with Gasteiger partial charge in [0.25, 0.3) is 0 Å². The number of hydrogen-bond donors (Lipinski definition) is 2. The van der Waals surface area contributed by atoms with Crippen LogP contribution in [0.15, 0.2) is 30.9 Å². The predicted molar refractivity (Wildman–Crippen MR) is 57.2 cm³/mol. The number of hydrogen-bond acceptors (Lipinski definition) is 5. The van der Waals surface area contributed by atoms with Gasteiger partial charge in [0.05, 0.1) is 18.9 Å². The summed E-state index contributed by atoms with van der Waals surface area (Å²) in [6, 6.07) is 1.89. The minimum atomic E-state index is 0.424. The van der Waals surface area contributed by atoms with Crippen molar-refractivity contribution in [1.82, 2.24) is 19.7 Å². The van der Waals surface area contributed by atoms with E-state index in [9.17, 15) is 0 Å². The minimum absolute atomic E-state index is 0.424. The van der Waals surface area contributed by atoms with Gasteiger partial charge in [-0.05, 0) is 6.07 Å². The molecule has 0 spiro atoms. The summed E-state index contributed by atoms with van der Waals surface area (Å²) in [5.41, 5.74) is 5.42. The van der Waals surface area contributed by atoms with E-state index in [2.05, 4.69) is 20.4 Å². The zero-order valence-corrected chi connectivity index (χ0v) is 8.17. The zero-order valence-electron chi connectivity index (χ0n) is 8.17. The predicted octanol–water partition coefficient (Wildman–Crippen LogP) is 0.367. The number of nitrogens with one attached hydrogen (secondary N) is 1. The number of nitrogens with two attached hydrogens (primary N) is 1. The molecule has 2 aromatic rings. The van der Waals surface area contributed by atoms with E-state index in [4.69, 9.17) is 5.73 Å². The van der Waals surface area contributed by atoms with Crippen LogP contribution in [0.4, 0.5) is 11.6 Å². The lowest BCUT2D eigenvalue weighted by Crippen LogP contribution is -2.11. The Kier molecular flexibility index (Phi) is 2.77. The molecule has 0 aromatic carbocycles. The molecule has 0 aliphatic heterocycles. The van der Waals surface area contributed by atoms with E-state index in [0.717, 1.165) is 18.9 Å². The van der Waals surface area contributed by atoms with Crippen LogP contribution < -0.4 is 11.1 Å². The first-order valence-corrected chi connectivity index (χ1v) is 4.63. The summed E-state index contributed by atoms with van der Waals surface area (Å²) in [6.07, 6.45) is 6.80. The highest BCUT2D eigenvalue weighted by Crippen LogP contribution is 2.00. The van der Waals surface area contributed by atoms with E-state index in [1.165, 1.54) is 6.20 Å². The lowest BCUT2D eigenvalue weighted by atomic mass is 10.5. The van der Waals surface area contributed by atoms with Crippen LogP contribution in [-0.2, 0) is 6.54 Å². The van der Waals surface area contributed by atoms with Gasteiger partial charge in [-0.2, -0.15) is 5.10 Å². The van der Waals surface area contributed by atoms with E-state index in [1.807, 2.05) is 16.9 Å². The SMILES string of the molecule is Nc1cnc(NCCn2cccn2)cn1.